The van der Waals surface area contributed by atoms with E-state index in [1.54, 1.807) is 39.3 Å². The number of carbonyl (C=O) groups is 1. The van der Waals surface area contributed by atoms with Crippen LogP contribution in [0.2, 0.25) is 0 Å². The van der Waals surface area contributed by atoms with Crippen molar-refractivity contribution in [3.63, 3.8) is 0 Å². The first-order valence-corrected chi connectivity index (χ1v) is 15.0. The number of methoxy groups -OCH3 is 1. The average Bonchev–Trinajstić information content (AvgIpc) is 3.44. The summed E-state index contributed by atoms with van der Waals surface area (Å²) in [5.74, 6) is -0.673. The Labute approximate surface area is 261 Å². The predicted octanol–water partition coefficient (Wildman–Crippen LogP) is 7.76. The summed E-state index contributed by atoms with van der Waals surface area (Å²) >= 11 is 0. The third kappa shape index (κ3) is 5.64. The summed E-state index contributed by atoms with van der Waals surface area (Å²) in [5.41, 5.74) is 6.33. The van der Waals surface area contributed by atoms with Gasteiger partial charge in [-0.1, -0.05) is 36.4 Å². The summed E-state index contributed by atoms with van der Waals surface area (Å²) in [6.45, 7) is 9.51. The van der Waals surface area contributed by atoms with Gasteiger partial charge in [0.2, 0.25) is 0 Å². The zero-order valence-corrected chi connectivity index (χ0v) is 26.3. The van der Waals surface area contributed by atoms with Crippen LogP contribution >= 0.6 is 0 Å². The SMILES string of the molecule is COc1ccccc1-c1cccc(-c2cc3nc(C)c(C(OC(C)(C)C)C(=O)O)c(-c4cc(F)c5c(c4C)CCCO5)n3n2)c1. The van der Waals surface area contributed by atoms with Crippen LogP contribution in [-0.4, -0.2) is 45.0 Å². The summed E-state index contributed by atoms with van der Waals surface area (Å²) < 4.78 is 34.7. The van der Waals surface area contributed by atoms with Crippen LogP contribution in [0.5, 0.6) is 11.5 Å². The molecule has 0 fully saturated rings. The molecule has 232 valence electrons. The molecule has 0 saturated heterocycles. The number of hydrogen-bond acceptors (Lipinski definition) is 6. The molecule has 0 bridgehead atoms. The highest BCUT2D eigenvalue weighted by atomic mass is 19.1. The zero-order valence-electron chi connectivity index (χ0n) is 26.3. The van der Waals surface area contributed by atoms with Gasteiger partial charge in [-0.15, -0.1) is 0 Å². The number of rotatable bonds is 7. The number of aromatic nitrogens is 3. The molecule has 45 heavy (non-hydrogen) atoms. The fourth-order valence-corrected chi connectivity index (χ4v) is 6.07. The minimum atomic E-state index is -1.38. The van der Waals surface area contributed by atoms with Crippen molar-refractivity contribution in [3.05, 3.63) is 88.9 Å². The first-order chi connectivity index (χ1) is 21.5. The molecular formula is C36H36FN3O5. The van der Waals surface area contributed by atoms with E-state index in [4.69, 9.17) is 24.3 Å². The highest BCUT2D eigenvalue weighted by Crippen LogP contribution is 2.42. The highest BCUT2D eigenvalue weighted by Gasteiger charge is 2.34. The van der Waals surface area contributed by atoms with Gasteiger partial charge >= 0.3 is 5.97 Å². The molecule has 6 rings (SSSR count). The van der Waals surface area contributed by atoms with Crippen molar-refractivity contribution in [1.82, 2.24) is 14.6 Å². The van der Waals surface area contributed by atoms with Gasteiger partial charge in [-0.05, 0) is 76.8 Å². The lowest BCUT2D eigenvalue weighted by Crippen LogP contribution is -2.29. The zero-order chi connectivity index (χ0) is 32.0. The summed E-state index contributed by atoms with van der Waals surface area (Å²) in [6.07, 6.45) is 0.0246. The Morgan fingerprint density at radius 2 is 1.80 bits per heavy atom. The van der Waals surface area contributed by atoms with E-state index in [0.717, 1.165) is 40.0 Å². The summed E-state index contributed by atoms with van der Waals surface area (Å²) in [5, 5.41) is 15.4. The molecule has 1 atom stereocenters. The van der Waals surface area contributed by atoms with Gasteiger partial charge in [-0.2, -0.15) is 5.10 Å². The Hall–Kier alpha value is -4.76. The van der Waals surface area contributed by atoms with Gasteiger partial charge in [-0.3, -0.25) is 0 Å². The van der Waals surface area contributed by atoms with Crippen molar-refractivity contribution in [2.45, 2.75) is 59.2 Å². The van der Waals surface area contributed by atoms with Crippen molar-refractivity contribution in [2.75, 3.05) is 13.7 Å². The molecule has 1 N–H and O–H groups in total. The van der Waals surface area contributed by atoms with Gasteiger partial charge in [0, 0.05) is 39.6 Å². The van der Waals surface area contributed by atoms with E-state index in [1.807, 2.05) is 61.5 Å². The lowest BCUT2D eigenvalue weighted by molar-refractivity contribution is -0.160. The largest absolute Gasteiger partial charge is 0.496 e. The number of carboxylic acid groups (broad SMARTS) is 1. The van der Waals surface area contributed by atoms with E-state index < -0.39 is 23.5 Å². The lowest BCUT2D eigenvalue weighted by atomic mass is 9.91. The molecular weight excluding hydrogens is 573 g/mol. The van der Waals surface area contributed by atoms with Gasteiger partial charge in [0.15, 0.2) is 23.3 Å². The smallest absolute Gasteiger partial charge is 0.337 e. The van der Waals surface area contributed by atoms with E-state index >= 15 is 4.39 Å². The quantitative estimate of drug-likeness (QED) is 0.202. The first-order valence-electron chi connectivity index (χ1n) is 15.0. The molecule has 0 amide bonds. The normalized spacial score (nSPS) is 13.8. The molecule has 1 aliphatic rings. The third-order valence-corrected chi connectivity index (χ3v) is 8.06. The van der Waals surface area contributed by atoms with Crippen LogP contribution < -0.4 is 9.47 Å². The van der Waals surface area contributed by atoms with Crippen molar-refractivity contribution in [2.24, 2.45) is 0 Å². The molecule has 2 aromatic heterocycles. The van der Waals surface area contributed by atoms with Crippen molar-refractivity contribution in [1.29, 1.82) is 0 Å². The molecule has 1 unspecified atom stereocenters. The summed E-state index contributed by atoms with van der Waals surface area (Å²) in [7, 11) is 1.64. The monoisotopic (exact) mass is 609 g/mol. The number of hydrogen-bond donors (Lipinski definition) is 1. The lowest BCUT2D eigenvalue weighted by Gasteiger charge is -2.28. The number of halogens is 1. The van der Waals surface area contributed by atoms with Crippen LogP contribution in [0.25, 0.3) is 39.3 Å². The second-order valence-electron chi connectivity index (χ2n) is 12.3. The Bertz CT molecular complexity index is 1940. The number of aliphatic carboxylic acids is 1. The van der Waals surface area contributed by atoms with Gasteiger partial charge in [0.1, 0.15) is 5.75 Å². The highest BCUT2D eigenvalue weighted by molar-refractivity contribution is 5.83. The summed E-state index contributed by atoms with van der Waals surface area (Å²) in [4.78, 5) is 17.6. The van der Waals surface area contributed by atoms with Crippen LogP contribution in [-0.2, 0) is 16.0 Å². The Morgan fingerprint density at radius 3 is 2.53 bits per heavy atom. The number of nitrogens with zero attached hydrogens (tertiary/aromatic N) is 3. The number of benzene rings is 3. The molecule has 3 aromatic carbocycles. The van der Waals surface area contributed by atoms with E-state index in [-0.39, 0.29) is 5.75 Å². The molecule has 0 aliphatic carbocycles. The van der Waals surface area contributed by atoms with Gasteiger partial charge in [0.05, 0.1) is 30.7 Å². The first kappa shape index (κ1) is 30.3. The minimum Gasteiger partial charge on any atom is -0.496 e. The molecule has 8 nitrogen and oxygen atoms in total. The maximum atomic E-state index is 15.7. The number of carboxylic acids is 1. The topological polar surface area (TPSA) is 95.2 Å². The maximum Gasteiger partial charge on any atom is 0.337 e. The number of para-hydroxylation sites is 1. The number of fused-ring (bicyclic) bond motifs is 2. The molecule has 0 saturated carbocycles. The van der Waals surface area contributed by atoms with Crippen LogP contribution in [0, 0.1) is 19.7 Å². The maximum absolute atomic E-state index is 15.7. The predicted molar refractivity (Wildman–Crippen MR) is 170 cm³/mol. The Balaban J connectivity index is 1.62. The van der Waals surface area contributed by atoms with Crippen LogP contribution in [0.1, 0.15) is 55.7 Å². The number of aryl methyl sites for hydroxylation is 1. The molecule has 0 radical (unpaired) electrons. The van der Waals surface area contributed by atoms with Gasteiger partial charge in [0.25, 0.3) is 0 Å². The van der Waals surface area contributed by atoms with E-state index in [0.29, 0.717) is 46.9 Å². The summed E-state index contributed by atoms with van der Waals surface area (Å²) in [6, 6.07) is 19.0. The fraction of sp³-hybridized carbons (Fsp3) is 0.306. The van der Waals surface area contributed by atoms with Gasteiger partial charge < -0.3 is 19.3 Å². The number of ether oxygens (including phenoxy) is 3. The van der Waals surface area contributed by atoms with Crippen LogP contribution in [0.15, 0.2) is 60.7 Å². The van der Waals surface area contributed by atoms with E-state index in [9.17, 15) is 9.90 Å². The Kier molecular flexibility index (Phi) is 7.82. The van der Waals surface area contributed by atoms with Crippen molar-refractivity contribution in [3.8, 4) is 45.1 Å². The molecule has 5 aromatic rings. The fourth-order valence-electron chi connectivity index (χ4n) is 6.07. The van der Waals surface area contributed by atoms with E-state index in [2.05, 4.69) is 0 Å². The van der Waals surface area contributed by atoms with E-state index in [1.165, 1.54) is 6.07 Å². The standard InChI is InChI=1S/C36H36FN3O5/c1-20-24-14-10-16-44-33(24)27(37)18-26(20)32-31(34(35(41)42)45-36(3,4)5)21(2)38-30-19-28(39-40(30)32)23-12-9-11-22(17-23)25-13-7-8-15-29(25)43-6/h7-9,11-13,15,17-19,34H,10,14,16H2,1-6H3,(H,41,42). The van der Waals surface area contributed by atoms with Gasteiger partial charge in [-0.25, -0.2) is 18.7 Å². The minimum absolute atomic E-state index is 0.251. The van der Waals surface area contributed by atoms with Crippen LogP contribution in [0.3, 0.4) is 0 Å². The molecule has 9 heteroatoms. The second-order valence-corrected chi connectivity index (χ2v) is 12.3. The van der Waals surface area contributed by atoms with Crippen LogP contribution in [0.4, 0.5) is 4.39 Å². The second kappa shape index (κ2) is 11.6. The molecule has 1 aliphatic heterocycles. The van der Waals surface area contributed by atoms with Crippen molar-refractivity contribution < 1.29 is 28.5 Å². The third-order valence-electron chi connectivity index (χ3n) is 8.06. The average molecular weight is 610 g/mol. The molecule has 3 heterocycles. The van der Waals surface area contributed by atoms with Crippen molar-refractivity contribution >= 4 is 11.6 Å². The Morgan fingerprint density at radius 1 is 1.04 bits per heavy atom. The molecule has 0 spiro atoms.